The molecule has 0 aliphatic carbocycles. The molecule has 1 rings (SSSR count). The molecule has 19 heavy (non-hydrogen) atoms. The van der Waals surface area contributed by atoms with E-state index in [1.807, 2.05) is 34.6 Å². The maximum Gasteiger partial charge on any atom is 0.336 e. The Hall–Kier alpha value is -1.84. The van der Waals surface area contributed by atoms with Gasteiger partial charge in [0.15, 0.2) is 0 Å². The number of rotatable bonds is 4. The van der Waals surface area contributed by atoms with E-state index in [0.29, 0.717) is 0 Å². The smallest absolute Gasteiger partial charge is 0.336 e. The van der Waals surface area contributed by atoms with Gasteiger partial charge in [0.2, 0.25) is 0 Å². The molecule has 1 aromatic rings. The molecule has 4 nitrogen and oxygen atoms in total. The minimum absolute atomic E-state index is 0.0236. The third-order valence-electron chi connectivity index (χ3n) is 2.98. The van der Waals surface area contributed by atoms with Gasteiger partial charge in [-0.1, -0.05) is 11.6 Å². The summed E-state index contributed by atoms with van der Waals surface area (Å²) in [5.74, 6) is -1.30. The Morgan fingerprint density at radius 3 is 2.00 bits per heavy atom. The lowest BCUT2D eigenvalue weighted by molar-refractivity contribution is 0.0619. The average Bonchev–Trinajstić information content (AvgIpc) is 2.27. The van der Waals surface area contributed by atoms with E-state index in [-0.39, 0.29) is 29.1 Å². The molecule has 0 heterocycles. The van der Waals surface area contributed by atoms with Crippen LogP contribution in [-0.2, 0) is 0 Å². The van der Waals surface area contributed by atoms with Crippen molar-refractivity contribution < 1.29 is 14.7 Å². The number of nitrogens with zero attached hydrogens (tertiary/aromatic N) is 1. The van der Waals surface area contributed by atoms with Crippen LogP contribution in [0.4, 0.5) is 0 Å². The van der Waals surface area contributed by atoms with Crippen LogP contribution in [0.15, 0.2) is 18.2 Å². The minimum Gasteiger partial charge on any atom is -0.478 e. The second kappa shape index (κ2) is 5.87. The van der Waals surface area contributed by atoms with Gasteiger partial charge in [-0.25, -0.2) is 4.79 Å². The van der Waals surface area contributed by atoms with Crippen LogP contribution in [-0.4, -0.2) is 34.0 Å². The van der Waals surface area contributed by atoms with Crippen LogP contribution < -0.4 is 0 Å². The molecule has 0 unspecified atom stereocenters. The molecule has 1 N–H and O–H groups in total. The fraction of sp³-hybridized carbons (Fsp3) is 0.467. The predicted molar refractivity (Wildman–Crippen MR) is 74.6 cm³/mol. The van der Waals surface area contributed by atoms with Crippen molar-refractivity contribution in [1.29, 1.82) is 0 Å². The monoisotopic (exact) mass is 263 g/mol. The molecule has 0 saturated heterocycles. The maximum atomic E-state index is 12.5. The minimum atomic E-state index is -1.07. The summed E-state index contributed by atoms with van der Waals surface area (Å²) in [6, 6.07) is 4.94. The van der Waals surface area contributed by atoms with Gasteiger partial charge >= 0.3 is 5.97 Å². The average molecular weight is 263 g/mol. The van der Waals surface area contributed by atoms with E-state index >= 15 is 0 Å². The lowest BCUT2D eigenvalue weighted by Gasteiger charge is -2.31. The first kappa shape index (κ1) is 15.2. The number of aryl methyl sites for hydroxylation is 1. The number of amides is 1. The fourth-order valence-corrected chi connectivity index (χ4v) is 2.23. The Balaban J connectivity index is 3.29. The van der Waals surface area contributed by atoms with E-state index in [1.54, 1.807) is 17.0 Å². The van der Waals surface area contributed by atoms with E-state index in [4.69, 9.17) is 0 Å². The Morgan fingerprint density at radius 1 is 1.05 bits per heavy atom. The van der Waals surface area contributed by atoms with E-state index in [0.717, 1.165) is 5.56 Å². The van der Waals surface area contributed by atoms with Gasteiger partial charge in [0.05, 0.1) is 11.1 Å². The standard InChI is InChI=1S/C15H21NO3/c1-9(2)16(10(3)4)14(17)12-7-6-11(5)8-13(12)15(18)19/h6-10H,1-5H3,(H,18,19). The van der Waals surface area contributed by atoms with Crippen molar-refractivity contribution in [2.45, 2.75) is 46.7 Å². The van der Waals surface area contributed by atoms with Crippen LogP contribution in [0.5, 0.6) is 0 Å². The molecule has 0 aliphatic rings. The normalized spacial score (nSPS) is 10.9. The number of aromatic carboxylic acids is 1. The Morgan fingerprint density at radius 2 is 1.58 bits per heavy atom. The molecule has 0 fully saturated rings. The van der Waals surface area contributed by atoms with E-state index in [2.05, 4.69) is 0 Å². The molecule has 0 spiro atoms. The maximum absolute atomic E-state index is 12.5. The summed E-state index contributed by atoms with van der Waals surface area (Å²) in [5, 5.41) is 9.23. The largest absolute Gasteiger partial charge is 0.478 e. The Bertz CT molecular complexity index is 484. The van der Waals surface area contributed by atoms with Crippen molar-refractivity contribution in [1.82, 2.24) is 4.90 Å². The highest BCUT2D eigenvalue weighted by molar-refractivity contribution is 6.05. The molecule has 0 aromatic heterocycles. The number of hydrogen-bond donors (Lipinski definition) is 1. The van der Waals surface area contributed by atoms with Crippen LogP contribution in [0, 0.1) is 6.92 Å². The lowest BCUT2D eigenvalue weighted by atomic mass is 10.0. The first-order valence-corrected chi connectivity index (χ1v) is 6.42. The van der Waals surface area contributed by atoms with Crippen molar-refractivity contribution in [2.24, 2.45) is 0 Å². The van der Waals surface area contributed by atoms with Gasteiger partial charge in [-0.2, -0.15) is 0 Å². The molecule has 1 aromatic carbocycles. The van der Waals surface area contributed by atoms with Gasteiger partial charge in [-0.05, 0) is 46.8 Å². The number of carboxylic acid groups (broad SMARTS) is 1. The van der Waals surface area contributed by atoms with E-state index in [9.17, 15) is 14.7 Å². The molecule has 4 heteroatoms. The summed E-state index contributed by atoms with van der Waals surface area (Å²) in [7, 11) is 0. The molecule has 0 aliphatic heterocycles. The summed E-state index contributed by atoms with van der Waals surface area (Å²) in [6.45, 7) is 9.50. The lowest BCUT2D eigenvalue weighted by Crippen LogP contribution is -2.42. The van der Waals surface area contributed by atoms with E-state index in [1.165, 1.54) is 6.07 Å². The molecule has 0 radical (unpaired) electrons. The van der Waals surface area contributed by atoms with Gasteiger partial charge in [-0.15, -0.1) is 0 Å². The van der Waals surface area contributed by atoms with Crippen LogP contribution in [0.1, 0.15) is 54.0 Å². The Kier molecular flexibility index (Phi) is 4.70. The highest BCUT2D eigenvalue weighted by Gasteiger charge is 2.25. The zero-order chi connectivity index (χ0) is 14.7. The van der Waals surface area contributed by atoms with Crippen molar-refractivity contribution in [3.8, 4) is 0 Å². The summed E-state index contributed by atoms with van der Waals surface area (Å²) in [6.07, 6.45) is 0. The molecular weight excluding hydrogens is 242 g/mol. The summed E-state index contributed by atoms with van der Waals surface area (Å²) in [5.41, 5.74) is 1.14. The van der Waals surface area contributed by atoms with Crippen LogP contribution in [0.2, 0.25) is 0 Å². The topological polar surface area (TPSA) is 57.6 Å². The van der Waals surface area contributed by atoms with Gasteiger partial charge in [0.1, 0.15) is 0 Å². The van der Waals surface area contributed by atoms with Crippen LogP contribution >= 0.6 is 0 Å². The summed E-state index contributed by atoms with van der Waals surface area (Å²) >= 11 is 0. The van der Waals surface area contributed by atoms with Crippen LogP contribution in [0.25, 0.3) is 0 Å². The van der Waals surface area contributed by atoms with Crippen molar-refractivity contribution in [2.75, 3.05) is 0 Å². The molecule has 1 amide bonds. The summed E-state index contributed by atoms with van der Waals surface area (Å²) in [4.78, 5) is 25.5. The zero-order valence-electron chi connectivity index (χ0n) is 12.1. The molecule has 0 atom stereocenters. The molecule has 0 bridgehead atoms. The highest BCUT2D eigenvalue weighted by Crippen LogP contribution is 2.17. The second-order valence-electron chi connectivity index (χ2n) is 5.25. The fourth-order valence-electron chi connectivity index (χ4n) is 2.23. The van der Waals surface area contributed by atoms with E-state index < -0.39 is 5.97 Å². The predicted octanol–water partition coefficient (Wildman–Crippen LogP) is 2.95. The molecule has 0 saturated carbocycles. The van der Waals surface area contributed by atoms with Gasteiger partial charge in [-0.3, -0.25) is 4.79 Å². The van der Waals surface area contributed by atoms with Gasteiger partial charge in [0.25, 0.3) is 5.91 Å². The summed E-state index contributed by atoms with van der Waals surface area (Å²) < 4.78 is 0. The SMILES string of the molecule is Cc1ccc(C(=O)N(C(C)C)C(C)C)c(C(=O)O)c1. The number of hydrogen-bond acceptors (Lipinski definition) is 2. The Labute approximate surface area is 114 Å². The molecular formula is C15H21NO3. The van der Waals surface area contributed by atoms with Crippen molar-refractivity contribution in [3.05, 3.63) is 34.9 Å². The highest BCUT2D eigenvalue weighted by atomic mass is 16.4. The van der Waals surface area contributed by atoms with Gasteiger partial charge in [0, 0.05) is 12.1 Å². The number of carbonyl (C=O) groups excluding carboxylic acids is 1. The quantitative estimate of drug-likeness (QED) is 0.908. The van der Waals surface area contributed by atoms with Crippen LogP contribution in [0.3, 0.4) is 0 Å². The van der Waals surface area contributed by atoms with Crippen molar-refractivity contribution in [3.63, 3.8) is 0 Å². The number of benzene rings is 1. The third kappa shape index (κ3) is 3.34. The van der Waals surface area contributed by atoms with Crippen molar-refractivity contribution >= 4 is 11.9 Å². The zero-order valence-corrected chi connectivity index (χ0v) is 12.1. The molecule has 104 valence electrons. The number of carboxylic acids is 1. The first-order valence-electron chi connectivity index (χ1n) is 6.42. The number of carbonyl (C=O) groups is 2. The van der Waals surface area contributed by atoms with Gasteiger partial charge < -0.3 is 10.0 Å². The third-order valence-corrected chi connectivity index (χ3v) is 2.98. The second-order valence-corrected chi connectivity index (χ2v) is 5.25. The first-order chi connectivity index (χ1) is 8.75.